The third kappa shape index (κ3) is 10.3. The van der Waals surface area contributed by atoms with Gasteiger partial charge < -0.3 is 10.6 Å². The summed E-state index contributed by atoms with van der Waals surface area (Å²) in [4.78, 5) is 2.12. The molecule has 0 fully saturated rings. The Hall–Kier alpha value is -6.82. The highest BCUT2D eigenvalue weighted by Crippen LogP contribution is 2.41. The molecule has 0 saturated carbocycles. The Bertz CT molecular complexity index is 2520. The molecule has 0 heterocycles. The minimum Gasteiger partial charge on any atom is -0.344 e. The van der Waals surface area contributed by atoms with Crippen LogP contribution in [0.2, 0.25) is 0 Å². The summed E-state index contributed by atoms with van der Waals surface area (Å²) in [6.45, 7) is 3.99. The van der Waals surface area contributed by atoms with E-state index in [0.717, 1.165) is 65.7 Å². The average molecular weight is 933 g/mol. The van der Waals surface area contributed by atoms with Crippen molar-refractivity contribution >= 4 is 67.7 Å². The van der Waals surface area contributed by atoms with Crippen LogP contribution >= 0.6 is 46.0 Å². The molecule has 6 nitrogen and oxygen atoms in total. The van der Waals surface area contributed by atoms with Crippen molar-refractivity contribution in [1.82, 2.24) is 21.5 Å². The van der Waals surface area contributed by atoms with Gasteiger partial charge in [-0.25, -0.2) is 0 Å². The first-order valence-corrected chi connectivity index (χ1v) is 24.5. The molecule has 0 aliphatic rings. The highest BCUT2D eigenvalue weighted by molar-refractivity contribution is 8.76. The van der Waals surface area contributed by atoms with Gasteiger partial charge in [-0.2, -0.15) is 10.2 Å². The van der Waals surface area contributed by atoms with E-state index < -0.39 is 11.1 Å². The van der Waals surface area contributed by atoms with Crippen LogP contribution in [0.15, 0.2) is 251 Å². The van der Waals surface area contributed by atoms with Crippen molar-refractivity contribution in [3.63, 3.8) is 0 Å². The van der Waals surface area contributed by atoms with Crippen LogP contribution in [-0.2, 0) is 11.1 Å². The van der Waals surface area contributed by atoms with E-state index in [1.165, 1.54) is 0 Å². The SMILES string of the molecule is C/C(=N\NC(=S)NC(c1ccccc1)(c1ccccc1)c1ccccc1)c1ccccc1SSc1ccccc1/C(C)=N/NC(=S)NC(c1ccccc1)(c1ccccc1)c1ccccc1. The van der Waals surface area contributed by atoms with E-state index in [-0.39, 0.29) is 0 Å². The van der Waals surface area contributed by atoms with Crippen molar-refractivity contribution in [3.05, 3.63) is 275 Å². The highest BCUT2D eigenvalue weighted by Gasteiger charge is 2.38. The summed E-state index contributed by atoms with van der Waals surface area (Å²) in [7, 11) is 3.33. The molecule has 0 aliphatic carbocycles. The third-order valence-corrected chi connectivity index (χ3v) is 14.1. The van der Waals surface area contributed by atoms with Gasteiger partial charge in [0.15, 0.2) is 10.2 Å². The highest BCUT2D eigenvalue weighted by atomic mass is 33.1. The molecule has 0 spiro atoms. The Morgan fingerprint density at radius 3 is 0.833 bits per heavy atom. The minimum absolute atomic E-state index is 0.392. The lowest BCUT2D eigenvalue weighted by Gasteiger charge is -2.37. The monoisotopic (exact) mass is 932 g/mol. The fourth-order valence-corrected chi connectivity index (χ4v) is 11.0. The van der Waals surface area contributed by atoms with Gasteiger partial charge in [0.2, 0.25) is 0 Å². The Labute approximate surface area is 406 Å². The number of thiocarbonyl (C=S) groups is 2. The van der Waals surface area contributed by atoms with Crippen LogP contribution in [0.3, 0.4) is 0 Å². The lowest BCUT2D eigenvalue weighted by atomic mass is 9.77. The standard InChI is InChI=1S/C56H48N6S4/c1-41(59-61-53(63)57-55(43-25-9-3-10-26-43,44-27-11-4-12-28-44)45-29-13-5-14-30-45)49-37-21-23-39-51(49)65-66-52-40-24-22-38-50(52)42(2)60-62-54(64)58-56(46-31-15-6-16-32-46,47-33-17-7-18-34-47)48-35-19-8-20-36-48/h3-40H,1-2H3,(H2,57,61,63)(H2,58,62,64)/b59-41+,60-42+. The summed E-state index contributed by atoms with van der Waals surface area (Å²) in [5.41, 5.74) is 14.7. The summed E-state index contributed by atoms with van der Waals surface area (Å²) in [5, 5.41) is 17.8. The molecule has 0 atom stereocenters. The van der Waals surface area contributed by atoms with E-state index in [0.29, 0.717) is 10.2 Å². The molecule has 66 heavy (non-hydrogen) atoms. The van der Waals surface area contributed by atoms with Gasteiger partial charge in [-0.1, -0.05) is 240 Å². The first kappa shape index (κ1) is 45.7. The maximum atomic E-state index is 6.02. The number of benzene rings is 8. The van der Waals surface area contributed by atoms with Gasteiger partial charge >= 0.3 is 0 Å². The fourth-order valence-electron chi connectivity index (χ4n) is 8.11. The van der Waals surface area contributed by atoms with Gasteiger partial charge in [-0.05, 0) is 83.8 Å². The largest absolute Gasteiger partial charge is 0.344 e. The van der Waals surface area contributed by atoms with E-state index in [1.54, 1.807) is 21.6 Å². The normalized spacial score (nSPS) is 11.9. The van der Waals surface area contributed by atoms with E-state index in [4.69, 9.17) is 34.6 Å². The molecule has 10 heteroatoms. The van der Waals surface area contributed by atoms with Crippen LogP contribution in [0.5, 0.6) is 0 Å². The predicted molar refractivity (Wildman–Crippen MR) is 285 cm³/mol. The Morgan fingerprint density at radius 2 is 0.576 bits per heavy atom. The van der Waals surface area contributed by atoms with Crippen LogP contribution in [0.25, 0.3) is 0 Å². The van der Waals surface area contributed by atoms with Crippen molar-refractivity contribution < 1.29 is 0 Å². The average Bonchev–Trinajstić information content (AvgIpc) is 3.39. The zero-order chi connectivity index (χ0) is 45.6. The molecular weight excluding hydrogens is 885 g/mol. The maximum Gasteiger partial charge on any atom is 0.188 e. The third-order valence-electron chi connectivity index (χ3n) is 11.3. The molecule has 8 rings (SSSR count). The van der Waals surface area contributed by atoms with Crippen LogP contribution in [0.4, 0.5) is 0 Å². The zero-order valence-electron chi connectivity index (χ0n) is 36.5. The second-order valence-electron chi connectivity index (χ2n) is 15.4. The molecule has 326 valence electrons. The second-order valence-corrected chi connectivity index (χ2v) is 18.4. The summed E-state index contributed by atoms with van der Waals surface area (Å²) in [6, 6.07) is 78.8. The number of rotatable bonds is 15. The molecule has 0 aliphatic heterocycles. The van der Waals surface area contributed by atoms with Gasteiger partial charge in [0, 0.05) is 20.9 Å². The van der Waals surface area contributed by atoms with E-state index >= 15 is 0 Å². The molecule has 8 aromatic rings. The first-order chi connectivity index (χ1) is 32.4. The summed E-state index contributed by atoms with van der Waals surface area (Å²) >= 11 is 12.0. The van der Waals surface area contributed by atoms with Crippen molar-refractivity contribution in [2.24, 2.45) is 10.2 Å². The van der Waals surface area contributed by atoms with Crippen molar-refractivity contribution in [3.8, 4) is 0 Å². The first-order valence-electron chi connectivity index (χ1n) is 21.5. The maximum absolute atomic E-state index is 6.02. The molecule has 0 amide bonds. The van der Waals surface area contributed by atoms with Gasteiger partial charge in [0.1, 0.15) is 11.1 Å². The van der Waals surface area contributed by atoms with Gasteiger partial charge in [-0.3, -0.25) is 10.9 Å². The molecular formula is C56H48N6S4. The number of hydrazone groups is 2. The molecule has 8 aromatic carbocycles. The quantitative estimate of drug-likeness (QED) is 0.0266. The Kier molecular flexibility index (Phi) is 15.2. The van der Waals surface area contributed by atoms with Gasteiger partial charge in [0.05, 0.1) is 11.4 Å². The molecule has 0 bridgehead atoms. The van der Waals surface area contributed by atoms with Gasteiger partial charge in [0.25, 0.3) is 0 Å². The number of nitrogens with zero attached hydrogens (tertiary/aromatic N) is 2. The second kappa shape index (κ2) is 21.9. The zero-order valence-corrected chi connectivity index (χ0v) is 39.7. The smallest absolute Gasteiger partial charge is 0.188 e. The van der Waals surface area contributed by atoms with Crippen LogP contribution in [0, 0.1) is 0 Å². The van der Waals surface area contributed by atoms with E-state index in [2.05, 4.69) is 191 Å². The van der Waals surface area contributed by atoms with Crippen molar-refractivity contribution in [2.45, 2.75) is 34.7 Å². The molecule has 4 N–H and O–H groups in total. The minimum atomic E-state index is -0.773. The molecule has 0 saturated heterocycles. The molecule has 0 aromatic heterocycles. The lowest BCUT2D eigenvalue weighted by molar-refractivity contribution is 0.568. The number of hydrogen-bond donors (Lipinski definition) is 4. The summed E-state index contributed by atoms with van der Waals surface area (Å²) < 4.78 is 0. The van der Waals surface area contributed by atoms with Crippen LogP contribution in [-0.4, -0.2) is 21.6 Å². The molecule has 0 unspecified atom stereocenters. The summed E-state index contributed by atoms with van der Waals surface area (Å²) in [6.07, 6.45) is 0. The Morgan fingerprint density at radius 1 is 0.348 bits per heavy atom. The van der Waals surface area contributed by atoms with Crippen molar-refractivity contribution in [2.75, 3.05) is 0 Å². The number of nitrogens with one attached hydrogen (secondary N) is 4. The molecule has 0 radical (unpaired) electrons. The van der Waals surface area contributed by atoms with E-state index in [1.807, 2.05) is 74.5 Å². The van der Waals surface area contributed by atoms with Crippen LogP contribution < -0.4 is 21.5 Å². The topological polar surface area (TPSA) is 72.8 Å². The van der Waals surface area contributed by atoms with Crippen molar-refractivity contribution in [1.29, 1.82) is 0 Å². The van der Waals surface area contributed by atoms with Crippen LogP contribution in [0.1, 0.15) is 58.4 Å². The predicted octanol–water partition coefficient (Wildman–Crippen LogP) is 12.8. The number of hydrogen-bond acceptors (Lipinski definition) is 6. The lowest BCUT2D eigenvalue weighted by Crippen LogP contribution is -2.50. The van der Waals surface area contributed by atoms with Gasteiger partial charge in [-0.15, -0.1) is 0 Å². The van der Waals surface area contributed by atoms with E-state index in [9.17, 15) is 0 Å². The summed E-state index contributed by atoms with van der Waals surface area (Å²) in [5.74, 6) is 0. The fraction of sp³-hybridized carbons (Fsp3) is 0.0714. The Balaban J connectivity index is 0.990.